The lowest BCUT2D eigenvalue weighted by atomic mass is 10.2. The van der Waals surface area contributed by atoms with Gasteiger partial charge in [-0.25, -0.2) is 0 Å². The zero-order chi connectivity index (χ0) is 13.7. The van der Waals surface area contributed by atoms with Crippen molar-refractivity contribution in [2.75, 3.05) is 25.1 Å². The van der Waals surface area contributed by atoms with E-state index in [1.807, 2.05) is 32.0 Å². The molecule has 0 spiro atoms. The second-order valence-corrected chi connectivity index (χ2v) is 4.59. The lowest BCUT2D eigenvalue weighted by Gasteiger charge is -2.19. The molecule has 1 atom stereocenters. The summed E-state index contributed by atoms with van der Waals surface area (Å²) in [6.07, 6.45) is 0.926. The van der Waals surface area contributed by atoms with Gasteiger partial charge in [0.15, 0.2) is 11.5 Å². The Balaban J connectivity index is 1.87. The van der Waals surface area contributed by atoms with Gasteiger partial charge in [-0.05, 0) is 25.5 Å². The maximum absolute atomic E-state index is 11.6. The molecule has 0 saturated carbocycles. The van der Waals surface area contributed by atoms with Crippen LogP contribution in [0.2, 0.25) is 0 Å². The maximum Gasteiger partial charge on any atom is 0.239 e. The fraction of sp³-hybridized carbons (Fsp3) is 0.500. The molecule has 1 aliphatic rings. The van der Waals surface area contributed by atoms with Crippen LogP contribution in [0.15, 0.2) is 18.2 Å². The highest BCUT2D eigenvalue weighted by Crippen LogP contribution is 2.32. The number of rotatable bonds is 5. The second kappa shape index (κ2) is 6.31. The van der Waals surface area contributed by atoms with E-state index >= 15 is 0 Å². The predicted molar refractivity (Wildman–Crippen MR) is 73.8 cm³/mol. The lowest BCUT2D eigenvalue weighted by Crippen LogP contribution is -2.36. The minimum atomic E-state index is -0.00996. The van der Waals surface area contributed by atoms with Crippen molar-refractivity contribution in [1.82, 2.24) is 5.32 Å². The van der Waals surface area contributed by atoms with Gasteiger partial charge < -0.3 is 20.1 Å². The molecule has 104 valence electrons. The SMILES string of the molecule is CCC(C)NC(=O)CNc1ccc2c(c1)OCCO2. The van der Waals surface area contributed by atoms with Crippen LogP contribution in [-0.4, -0.2) is 31.7 Å². The number of hydrogen-bond acceptors (Lipinski definition) is 4. The van der Waals surface area contributed by atoms with E-state index in [-0.39, 0.29) is 18.5 Å². The molecule has 2 N–H and O–H groups in total. The Morgan fingerprint density at radius 1 is 1.32 bits per heavy atom. The number of amides is 1. The molecule has 1 aliphatic heterocycles. The number of carbonyl (C=O) groups is 1. The number of fused-ring (bicyclic) bond motifs is 1. The van der Waals surface area contributed by atoms with Crippen molar-refractivity contribution in [2.45, 2.75) is 26.3 Å². The van der Waals surface area contributed by atoms with E-state index in [0.29, 0.717) is 13.2 Å². The van der Waals surface area contributed by atoms with Gasteiger partial charge in [-0.3, -0.25) is 4.79 Å². The first kappa shape index (κ1) is 13.5. The van der Waals surface area contributed by atoms with Crippen LogP contribution in [-0.2, 0) is 4.79 Å². The molecule has 1 amide bonds. The van der Waals surface area contributed by atoms with E-state index in [2.05, 4.69) is 10.6 Å². The molecule has 0 bridgehead atoms. The van der Waals surface area contributed by atoms with Gasteiger partial charge in [0.25, 0.3) is 0 Å². The summed E-state index contributed by atoms with van der Waals surface area (Å²) < 4.78 is 10.9. The molecule has 5 nitrogen and oxygen atoms in total. The highest BCUT2D eigenvalue weighted by molar-refractivity contribution is 5.81. The van der Waals surface area contributed by atoms with Gasteiger partial charge in [-0.1, -0.05) is 6.92 Å². The van der Waals surface area contributed by atoms with Crippen molar-refractivity contribution in [3.63, 3.8) is 0 Å². The fourth-order valence-corrected chi connectivity index (χ4v) is 1.76. The van der Waals surface area contributed by atoms with Gasteiger partial charge >= 0.3 is 0 Å². The Labute approximate surface area is 113 Å². The van der Waals surface area contributed by atoms with E-state index in [9.17, 15) is 4.79 Å². The predicted octanol–water partition coefficient (Wildman–Crippen LogP) is 1.78. The van der Waals surface area contributed by atoms with Crippen LogP contribution in [0.4, 0.5) is 5.69 Å². The molecule has 0 fully saturated rings. The van der Waals surface area contributed by atoms with Crippen LogP contribution in [0.5, 0.6) is 11.5 Å². The standard InChI is InChI=1S/C14H20N2O3/c1-3-10(2)16-14(17)9-15-11-4-5-12-13(8-11)19-7-6-18-12/h4-5,8,10,15H,3,6-7,9H2,1-2H3,(H,16,17). The van der Waals surface area contributed by atoms with Gasteiger partial charge in [-0.2, -0.15) is 0 Å². The number of benzene rings is 1. The Morgan fingerprint density at radius 3 is 2.79 bits per heavy atom. The maximum atomic E-state index is 11.6. The summed E-state index contributed by atoms with van der Waals surface area (Å²) in [5.74, 6) is 1.46. The molecule has 0 saturated heterocycles. The third-order valence-electron chi connectivity index (χ3n) is 3.02. The van der Waals surface area contributed by atoms with E-state index < -0.39 is 0 Å². The fourth-order valence-electron chi connectivity index (χ4n) is 1.76. The summed E-state index contributed by atoms with van der Waals surface area (Å²) >= 11 is 0. The molecule has 1 aromatic carbocycles. The third-order valence-corrected chi connectivity index (χ3v) is 3.02. The highest BCUT2D eigenvalue weighted by Gasteiger charge is 2.12. The first-order chi connectivity index (χ1) is 9.19. The van der Waals surface area contributed by atoms with Gasteiger partial charge in [0.05, 0.1) is 6.54 Å². The number of ether oxygens (including phenoxy) is 2. The van der Waals surface area contributed by atoms with Crippen molar-refractivity contribution in [3.8, 4) is 11.5 Å². The minimum absolute atomic E-state index is 0.00996. The Hall–Kier alpha value is -1.91. The highest BCUT2D eigenvalue weighted by atomic mass is 16.6. The van der Waals surface area contributed by atoms with Crippen LogP contribution in [0.25, 0.3) is 0 Å². The minimum Gasteiger partial charge on any atom is -0.486 e. The summed E-state index contributed by atoms with van der Waals surface area (Å²) in [6.45, 7) is 5.42. The molecule has 0 aliphatic carbocycles. The van der Waals surface area contributed by atoms with Crippen LogP contribution >= 0.6 is 0 Å². The van der Waals surface area contributed by atoms with Crippen molar-refractivity contribution in [2.24, 2.45) is 0 Å². The van der Waals surface area contributed by atoms with Gasteiger partial charge in [0, 0.05) is 17.8 Å². The van der Waals surface area contributed by atoms with Gasteiger partial charge in [0.2, 0.25) is 5.91 Å². The topological polar surface area (TPSA) is 59.6 Å². The average Bonchev–Trinajstić information content (AvgIpc) is 2.44. The largest absolute Gasteiger partial charge is 0.486 e. The summed E-state index contributed by atoms with van der Waals surface area (Å²) in [5.41, 5.74) is 0.851. The van der Waals surface area contributed by atoms with E-state index in [0.717, 1.165) is 23.6 Å². The normalized spacial score (nSPS) is 14.6. The van der Waals surface area contributed by atoms with E-state index in [1.165, 1.54) is 0 Å². The lowest BCUT2D eigenvalue weighted by molar-refractivity contribution is -0.120. The van der Waals surface area contributed by atoms with Crippen molar-refractivity contribution >= 4 is 11.6 Å². The quantitative estimate of drug-likeness (QED) is 0.851. The Bertz CT molecular complexity index is 448. The van der Waals surface area contributed by atoms with Crippen molar-refractivity contribution in [1.29, 1.82) is 0 Å². The third kappa shape index (κ3) is 3.77. The molecule has 1 unspecified atom stereocenters. The Kier molecular flexibility index (Phi) is 4.49. The van der Waals surface area contributed by atoms with E-state index in [1.54, 1.807) is 0 Å². The van der Waals surface area contributed by atoms with Crippen LogP contribution < -0.4 is 20.1 Å². The van der Waals surface area contributed by atoms with E-state index in [4.69, 9.17) is 9.47 Å². The number of anilines is 1. The zero-order valence-corrected chi connectivity index (χ0v) is 11.4. The number of nitrogens with one attached hydrogen (secondary N) is 2. The molecule has 1 aromatic rings. The summed E-state index contributed by atoms with van der Waals surface area (Å²) in [5, 5.41) is 5.98. The monoisotopic (exact) mass is 264 g/mol. The number of carbonyl (C=O) groups excluding carboxylic acids is 1. The summed E-state index contributed by atoms with van der Waals surface area (Å²) in [4.78, 5) is 11.6. The second-order valence-electron chi connectivity index (χ2n) is 4.59. The van der Waals surface area contributed by atoms with Crippen LogP contribution in [0.3, 0.4) is 0 Å². The molecule has 19 heavy (non-hydrogen) atoms. The van der Waals surface area contributed by atoms with Crippen molar-refractivity contribution < 1.29 is 14.3 Å². The molecule has 0 radical (unpaired) electrons. The smallest absolute Gasteiger partial charge is 0.239 e. The first-order valence-electron chi connectivity index (χ1n) is 6.62. The van der Waals surface area contributed by atoms with Gasteiger partial charge in [0.1, 0.15) is 13.2 Å². The molecule has 0 aromatic heterocycles. The molecular weight excluding hydrogens is 244 g/mol. The molecule has 5 heteroatoms. The summed E-state index contributed by atoms with van der Waals surface area (Å²) in [6, 6.07) is 5.79. The Morgan fingerprint density at radius 2 is 2.05 bits per heavy atom. The molecule has 1 heterocycles. The first-order valence-corrected chi connectivity index (χ1v) is 6.62. The average molecular weight is 264 g/mol. The molecule has 2 rings (SSSR count). The summed E-state index contributed by atoms with van der Waals surface area (Å²) in [7, 11) is 0. The van der Waals surface area contributed by atoms with Crippen LogP contribution in [0, 0.1) is 0 Å². The number of hydrogen-bond donors (Lipinski definition) is 2. The zero-order valence-electron chi connectivity index (χ0n) is 11.4. The van der Waals surface area contributed by atoms with Crippen LogP contribution in [0.1, 0.15) is 20.3 Å². The molecular formula is C14H20N2O3. The van der Waals surface area contributed by atoms with Crippen molar-refractivity contribution in [3.05, 3.63) is 18.2 Å². The van der Waals surface area contributed by atoms with Gasteiger partial charge in [-0.15, -0.1) is 0 Å².